The van der Waals surface area contributed by atoms with Crippen molar-refractivity contribution in [1.82, 2.24) is 4.98 Å². The number of carbonyl (C=O) groups excluding carboxylic acids is 2. The highest BCUT2D eigenvalue weighted by Crippen LogP contribution is 2.27. The van der Waals surface area contributed by atoms with Gasteiger partial charge in [0, 0.05) is 19.2 Å². The van der Waals surface area contributed by atoms with E-state index in [4.69, 9.17) is 15.2 Å². The fourth-order valence-corrected chi connectivity index (χ4v) is 2.76. The normalized spacial score (nSPS) is 17.5. The van der Waals surface area contributed by atoms with Crippen LogP contribution in [-0.4, -0.2) is 22.7 Å². The Balaban J connectivity index is 2.08. The van der Waals surface area contributed by atoms with E-state index in [0.29, 0.717) is 5.69 Å². The van der Waals surface area contributed by atoms with Crippen LogP contribution < -0.4 is 5.73 Å². The first-order valence-electron chi connectivity index (χ1n) is 6.18. The van der Waals surface area contributed by atoms with Crippen molar-refractivity contribution >= 4 is 39.2 Å². The first-order chi connectivity index (χ1) is 9.87. The number of cyclic esters (lactones) is 2. The van der Waals surface area contributed by atoms with Crippen LogP contribution in [0.4, 0.5) is 0 Å². The third kappa shape index (κ3) is 2.36. The minimum Gasteiger partial charge on any atom is -0.419 e. The molecule has 2 aromatic rings. The maximum Gasteiger partial charge on any atom is 0.351 e. The second-order valence-electron chi connectivity index (χ2n) is 4.98. The van der Waals surface area contributed by atoms with Crippen LogP contribution in [-0.2, 0) is 19.1 Å². The van der Waals surface area contributed by atoms with Crippen molar-refractivity contribution in [3.05, 3.63) is 34.8 Å². The van der Waals surface area contributed by atoms with Crippen molar-refractivity contribution in [2.45, 2.75) is 19.6 Å². The van der Waals surface area contributed by atoms with Gasteiger partial charge in [-0.1, -0.05) is 0 Å². The molecule has 1 aliphatic heterocycles. The van der Waals surface area contributed by atoms with Gasteiger partial charge in [-0.15, -0.1) is 11.3 Å². The van der Waals surface area contributed by atoms with E-state index in [9.17, 15) is 9.59 Å². The smallest absolute Gasteiger partial charge is 0.351 e. The molecule has 108 valence electrons. The lowest BCUT2D eigenvalue weighted by Crippen LogP contribution is -2.42. The van der Waals surface area contributed by atoms with Crippen LogP contribution in [0.5, 0.6) is 0 Å². The number of thiophene rings is 1. The number of rotatable bonds is 1. The van der Waals surface area contributed by atoms with Gasteiger partial charge in [-0.3, -0.25) is 0 Å². The van der Waals surface area contributed by atoms with Gasteiger partial charge in [-0.2, -0.15) is 0 Å². The first-order valence-corrected chi connectivity index (χ1v) is 7.06. The van der Waals surface area contributed by atoms with Gasteiger partial charge in [0.05, 0.1) is 11.4 Å². The number of nitrogens with zero attached hydrogens (tertiary/aromatic N) is 1. The number of esters is 2. The highest BCUT2D eigenvalue weighted by Gasteiger charge is 2.40. The van der Waals surface area contributed by atoms with Crippen LogP contribution in [0.1, 0.15) is 19.5 Å². The zero-order chi connectivity index (χ0) is 15.2. The molecule has 0 saturated carbocycles. The number of carbonyl (C=O) groups is 2. The highest BCUT2D eigenvalue weighted by atomic mass is 32.1. The van der Waals surface area contributed by atoms with Crippen molar-refractivity contribution in [2.75, 3.05) is 0 Å². The largest absolute Gasteiger partial charge is 0.419 e. The Kier molecular flexibility index (Phi) is 2.94. The first kappa shape index (κ1) is 13.6. The molecule has 21 heavy (non-hydrogen) atoms. The fraction of sp³-hybridized carbons (Fsp3) is 0.214. The summed E-state index contributed by atoms with van der Waals surface area (Å²) in [6.45, 7) is 2.96. The molecule has 2 N–H and O–H groups in total. The molecule has 6 nitrogen and oxygen atoms in total. The Hall–Kier alpha value is -2.41. The molecule has 1 aliphatic rings. The Morgan fingerprint density at radius 2 is 1.86 bits per heavy atom. The molecule has 1 fully saturated rings. The Labute approximate surface area is 124 Å². The Morgan fingerprint density at radius 3 is 2.52 bits per heavy atom. The standard InChI is InChI=1S/C14H12N2O4S/c1-14(2)19-12(17)9(13(18)20-14)10(15)8-4-3-7-5-6-21-11(7)16-8/h3-6H,15H2,1-2H3. The zero-order valence-corrected chi connectivity index (χ0v) is 12.2. The summed E-state index contributed by atoms with van der Waals surface area (Å²) in [6.07, 6.45) is 0. The molecule has 2 aromatic heterocycles. The Morgan fingerprint density at radius 1 is 1.19 bits per heavy atom. The zero-order valence-electron chi connectivity index (χ0n) is 11.4. The lowest BCUT2D eigenvalue weighted by molar-refractivity contribution is -0.222. The number of nitrogens with two attached hydrogens (primary N) is 1. The maximum absolute atomic E-state index is 12.0. The van der Waals surface area contributed by atoms with Gasteiger partial charge in [0.15, 0.2) is 5.57 Å². The quantitative estimate of drug-likeness (QED) is 0.491. The maximum atomic E-state index is 12.0. The molecule has 3 rings (SSSR count). The molecular weight excluding hydrogens is 292 g/mol. The molecule has 1 saturated heterocycles. The summed E-state index contributed by atoms with van der Waals surface area (Å²) in [6, 6.07) is 5.40. The van der Waals surface area contributed by atoms with Crippen LogP contribution in [0, 0.1) is 0 Å². The van der Waals surface area contributed by atoms with E-state index in [1.54, 1.807) is 6.07 Å². The molecule has 7 heteroatoms. The van der Waals surface area contributed by atoms with Crippen LogP contribution in [0.3, 0.4) is 0 Å². The number of fused-ring (bicyclic) bond motifs is 1. The van der Waals surface area contributed by atoms with Gasteiger partial charge in [0.25, 0.3) is 5.79 Å². The fourth-order valence-electron chi connectivity index (χ4n) is 1.99. The van der Waals surface area contributed by atoms with Gasteiger partial charge in [-0.05, 0) is 23.6 Å². The van der Waals surface area contributed by atoms with Gasteiger partial charge >= 0.3 is 11.9 Å². The summed E-state index contributed by atoms with van der Waals surface area (Å²) in [7, 11) is 0. The average molecular weight is 304 g/mol. The van der Waals surface area contributed by atoms with E-state index in [-0.39, 0.29) is 11.3 Å². The number of ether oxygens (including phenoxy) is 2. The van der Waals surface area contributed by atoms with E-state index in [1.165, 1.54) is 25.2 Å². The van der Waals surface area contributed by atoms with Crippen LogP contribution >= 0.6 is 11.3 Å². The van der Waals surface area contributed by atoms with Crippen molar-refractivity contribution in [2.24, 2.45) is 5.73 Å². The van der Waals surface area contributed by atoms with Gasteiger partial charge in [0.1, 0.15) is 4.83 Å². The van der Waals surface area contributed by atoms with Crippen molar-refractivity contribution in [3.8, 4) is 0 Å². The SMILES string of the molecule is CC1(C)OC(=O)C(=C(N)c2ccc3ccsc3n2)C(=O)O1. The summed E-state index contributed by atoms with van der Waals surface area (Å²) in [5.41, 5.74) is 5.89. The lowest BCUT2D eigenvalue weighted by atomic mass is 10.1. The van der Waals surface area contributed by atoms with Gasteiger partial charge in [0.2, 0.25) is 0 Å². The topological polar surface area (TPSA) is 91.5 Å². The second kappa shape index (κ2) is 4.56. The third-order valence-corrected chi connectivity index (χ3v) is 3.77. The van der Waals surface area contributed by atoms with Crippen LogP contribution in [0.25, 0.3) is 15.9 Å². The lowest BCUT2D eigenvalue weighted by Gasteiger charge is -2.30. The predicted octanol–water partition coefficient (Wildman–Crippen LogP) is 1.80. The monoisotopic (exact) mass is 304 g/mol. The number of hydrogen-bond donors (Lipinski definition) is 1. The van der Waals surface area contributed by atoms with Crippen LogP contribution in [0.15, 0.2) is 29.2 Å². The minimum atomic E-state index is -1.29. The summed E-state index contributed by atoms with van der Waals surface area (Å²) in [4.78, 5) is 29.0. The summed E-state index contributed by atoms with van der Waals surface area (Å²) < 4.78 is 10.1. The van der Waals surface area contributed by atoms with Crippen LogP contribution in [0.2, 0.25) is 0 Å². The van der Waals surface area contributed by atoms with E-state index in [2.05, 4.69) is 4.98 Å². The van der Waals surface area contributed by atoms with E-state index >= 15 is 0 Å². The second-order valence-corrected chi connectivity index (χ2v) is 5.87. The minimum absolute atomic E-state index is 0.0456. The van der Waals surface area contributed by atoms with Gasteiger partial charge in [-0.25, -0.2) is 14.6 Å². The van der Waals surface area contributed by atoms with Crippen molar-refractivity contribution in [3.63, 3.8) is 0 Å². The highest BCUT2D eigenvalue weighted by molar-refractivity contribution is 7.16. The third-order valence-electron chi connectivity index (χ3n) is 2.95. The molecule has 0 radical (unpaired) electrons. The summed E-state index contributed by atoms with van der Waals surface area (Å²) >= 11 is 1.45. The predicted molar refractivity (Wildman–Crippen MR) is 77.0 cm³/mol. The Bertz CT molecular complexity index is 769. The summed E-state index contributed by atoms with van der Waals surface area (Å²) in [5.74, 6) is -2.90. The molecule has 0 spiro atoms. The summed E-state index contributed by atoms with van der Waals surface area (Å²) in [5, 5.41) is 2.87. The van der Waals surface area contributed by atoms with Gasteiger partial charge < -0.3 is 15.2 Å². The van der Waals surface area contributed by atoms with E-state index in [0.717, 1.165) is 10.2 Å². The molecule has 3 heterocycles. The number of aromatic nitrogens is 1. The molecule has 0 amide bonds. The van der Waals surface area contributed by atoms with E-state index < -0.39 is 17.7 Å². The number of hydrogen-bond acceptors (Lipinski definition) is 7. The molecule has 0 unspecified atom stereocenters. The molecule has 0 aliphatic carbocycles. The van der Waals surface area contributed by atoms with Crippen molar-refractivity contribution in [1.29, 1.82) is 0 Å². The molecule has 0 bridgehead atoms. The molecule has 0 aromatic carbocycles. The average Bonchev–Trinajstić information content (AvgIpc) is 2.82. The van der Waals surface area contributed by atoms with E-state index in [1.807, 2.05) is 17.5 Å². The number of pyridine rings is 1. The van der Waals surface area contributed by atoms with Crippen molar-refractivity contribution < 1.29 is 19.1 Å². The molecular formula is C14H12N2O4S. The molecule has 0 atom stereocenters.